The lowest BCUT2D eigenvalue weighted by Gasteiger charge is -2.09. The van der Waals surface area contributed by atoms with Gasteiger partial charge in [0.05, 0.1) is 11.1 Å². The lowest BCUT2D eigenvalue weighted by molar-refractivity contribution is -0.138. The third-order valence-corrected chi connectivity index (χ3v) is 4.57. The summed E-state index contributed by atoms with van der Waals surface area (Å²) in [7, 11) is 1.99. The first kappa shape index (κ1) is 16.1. The standard InChI is InChI=1S/C20H17N3O3/c1-22-11-13(14-6-4-5-9-18(14)22)10-17-15-7-2-3-8-16(15)20(26)23(21-17)12-19(24)25/h2-9,11H,10,12H2,1H3,(H,24,25). The van der Waals surface area contributed by atoms with Crippen LogP contribution < -0.4 is 5.56 Å². The first-order valence-corrected chi connectivity index (χ1v) is 8.28. The molecule has 1 N–H and O–H groups in total. The highest BCUT2D eigenvalue weighted by Crippen LogP contribution is 2.24. The van der Waals surface area contributed by atoms with Crippen LogP contribution in [0.15, 0.2) is 59.5 Å². The van der Waals surface area contributed by atoms with E-state index in [1.807, 2.05) is 37.5 Å². The minimum absolute atomic E-state index is 0.385. The molecule has 2 heterocycles. The first-order valence-electron chi connectivity index (χ1n) is 8.28. The van der Waals surface area contributed by atoms with Crippen LogP contribution in [0.2, 0.25) is 0 Å². The molecule has 0 saturated carbocycles. The molecule has 6 nitrogen and oxygen atoms in total. The molecule has 4 aromatic rings. The number of carboxylic acid groups (broad SMARTS) is 1. The summed E-state index contributed by atoms with van der Waals surface area (Å²) in [4.78, 5) is 23.6. The van der Waals surface area contributed by atoms with E-state index in [0.717, 1.165) is 26.5 Å². The van der Waals surface area contributed by atoms with Gasteiger partial charge in [-0.3, -0.25) is 9.59 Å². The predicted octanol–water partition coefficient (Wildman–Crippen LogP) is 2.56. The number of aromatic nitrogens is 3. The molecule has 130 valence electrons. The third kappa shape index (κ3) is 2.65. The minimum atomic E-state index is -1.09. The SMILES string of the molecule is Cn1cc(Cc2nn(CC(=O)O)c(=O)c3ccccc23)c2ccccc21. The maximum atomic E-state index is 12.5. The Morgan fingerprint density at radius 2 is 1.69 bits per heavy atom. The second-order valence-electron chi connectivity index (χ2n) is 6.31. The molecule has 0 spiro atoms. The Morgan fingerprint density at radius 3 is 2.42 bits per heavy atom. The lowest BCUT2D eigenvalue weighted by atomic mass is 10.0. The van der Waals surface area contributed by atoms with Crippen molar-refractivity contribution in [3.63, 3.8) is 0 Å². The molecule has 26 heavy (non-hydrogen) atoms. The van der Waals surface area contributed by atoms with Gasteiger partial charge < -0.3 is 9.67 Å². The Kier molecular flexibility index (Phi) is 3.80. The Labute approximate surface area is 148 Å². The predicted molar refractivity (Wildman–Crippen MR) is 99.4 cm³/mol. The van der Waals surface area contributed by atoms with Crippen molar-refractivity contribution in [3.05, 3.63) is 76.3 Å². The van der Waals surface area contributed by atoms with Crippen molar-refractivity contribution in [1.82, 2.24) is 14.3 Å². The molecule has 0 aliphatic heterocycles. The largest absolute Gasteiger partial charge is 0.480 e. The zero-order valence-electron chi connectivity index (χ0n) is 14.2. The lowest BCUT2D eigenvalue weighted by Crippen LogP contribution is -2.28. The number of fused-ring (bicyclic) bond motifs is 2. The van der Waals surface area contributed by atoms with Gasteiger partial charge in [-0.2, -0.15) is 5.10 Å². The third-order valence-electron chi connectivity index (χ3n) is 4.57. The molecule has 0 aliphatic carbocycles. The zero-order valence-corrected chi connectivity index (χ0v) is 14.2. The van der Waals surface area contributed by atoms with Crippen LogP contribution in [0, 0.1) is 0 Å². The van der Waals surface area contributed by atoms with E-state index in [1.54, 1.807) is 12.1 Å². The van der Waals surface area contributed by atoms with Gasteiger partial charge >= 0.3 is 5.97 Å². The van der Waals surface area contributed by atoms with Crippen molar-refractivity contribution in [1.29, 1.82) is 0 Å². The topological polar surface area (TPSA) is 77.1 Å². The summed E-state index contributed by atoms with van der Waals surface area (Å²) in [5.74, 6) is -1.09. The highest BCUT2D eigenvalue weighted by molar-refractivity contribution is 5.87. The molecular formula is C20H17N3O3. The average molecular weight is 347 g/mol. The number of aryl methyl sites for hydroxylation is 1. The summed E-state index contributed by atoms with van der Waals surface area (Å²) < 4.78 is 3.09. The van der Waals surface area contributed by atoms with Crippen LogP contribution in [0.3, 0.4) is 0 Å². The van der Waals surface area contributed by atoms with Crippen LogP contribution in [0.5, 0.6) is 0 Å². The summed E-state index contributed by atoms with van der Waals surface area (Å²) >= 11 is 0. The van der Waals surface area contributed by atoms with E-state index >= 15 is 0 Å². The summed E-state index contributed by atoms with van der Waals surface area (Å²) in [6.07, 6.45) is 2.57. The van der Waals surface area contributed by atoms with E-state index in [9.17, 15) is 9.59 Å². The molecule has 0 saturated heterocycles. The van der Waals surface area contributed by atoms with Crippen molar-refractivity contribution < 1.29 is 9.90 Å². The second kappa shape index (κ2) is 6.15. The van der Waals surface area contributed by atoms with E-state index < -0.39 is 12.5 Å². The molecule has 0 atom stereocenters. The highest BCUT2D eigenvalue weighted by atomic mass is 16.4. The van der Waals surface area contributed by atoms with Crippen molar-refractivity contribution >= 4 is 27.6 Å². The highest BCUT2D eigenvalue weighted by Gasteiger charge is 2.15. The van der Waals surface area contributed by atoms with E-state index in [4.69, 9.17) is 5.11 Å². The number of hydrogen-bond donors (Lipinski definition) is 1. The van der Waals surface area contributed by atoms with Crippen molar-refractivity contribution in [2.24, 2.45) is 7.05 Å². The molecule has 2 aromatic heterocycles. The van der Waals surface area contributed by atoms with Crippen LogP contribution in [0.4, 0.5) is 0 Å². The molecule has 0 aliphatic rings. The van der Waals surface area contributed by atoms with Gasteiger partial charge in [0.15, 0.2) is 0 Å². The maximum Gasteiger partial charge on any atom is 0.325 e. The Balaban J connectivity index is 1.91. The maximum absolute atomic E-state index is 12.5. The number of para-hydroxylation sites is 1. The van der Waals surface area contributed by atoms with Gasteiger partial charge in [0.25, 0.3) is 5.56 Å². The quantitative estimate of drug-likeness (QED) is 0.615. The van der Waals surface area contributed by atoms with Gasteiger partial charge in [0.2, 0.25) is 0 Å². The first-order chi connectivity index (χ1) is 12.5. The monoisotopic (exact) mass is 347 g/mol. The number of carboxylic acids is 1. The normalized spacial score (nSPS) is 11.3. The van der Waals surface area contributed by atoms with Gasteiger partial charge in [0, 0.05) is 36.0 Å². The average Bonchev–Trinajstić information content (AvgIpc) is 2.95. The Morgan fingerprint density at radius 1 is 1.04 bits per heavy atom. The van der Waals surface area contributed by atoms with Crippen molar-refractivity contribution in [3.8, 4) is 0 Å². The number of benzene rings is 2. The second-order valence-corrected chi connectivity index (χ2v) is 6.31. The smallest absolute Gasteiger partial charge is 0.325 e. The van der Waals surface area contributed by atoms with Crippen LogP contribution in [-0.2, 0) is 24.8 Å². The van der Waals surface area contributed by atoms with Crippen molar-refractivity contribution in [2.75, 3.05) is 0 Å². The number of rotatable bonds is 4. The van der Waals surface area contributed by atoms with Crippen LogP contribution in [-0.4, -0.2) is 25.4 Å². The molecule has 0 radical (unpaired) electrons. The molecular weight excluding hydrogens is 330 g/mol. The van der Waals surface area contributed by atoms with Gasteiger partial charge in [0.1, 0.15) is 6.54 Å². The van der Waals surface area contributed by atoms with Gasteiger partial charge in [-0.25, -0.2) is 4.68 Å². The fraction of sp³-hybridized carbons (Fsp3) is 0.150. The number of aliphatic carboxylic acids is 1. The van der Waals surface area contributed by atoms with Gasteiger partial charge in [-0.1, -0.05) is 36.4 Å². The van der Waals surface area contributed by atoms with Crippen molar-refractivity contribution in [2.45, 2.75) is 13.0 Å². The molecule has 0 fully saturated rings. The molecule has 0 unspecified atom stereocenters. The van der Waals surface area contributed by atoms with E-state index in [2.05, 4.69) is 21.8 Å². The van der Waals surface area contributed by atoms with Gasteiger partial charge in [-0.05, 0) is 17.7 Å². The summed E-state index contributed by atoms with van der Waals surface area (Å²) in [6.45, 7) is -0.452. The number of carbonyl (C=O) groups is 1. The fourth-order valence-electron chi connectivity index (χ4n) is 3.42. The summed E-state index contributed by atoms with van der Waals surface area (Å²) in [6, 6.07) is 15.3. The molecule has 4 rings (SSSR count). The zero-order chi connectivity index (χ0) is 18.3. The Bertz CT molecular complexity index is 1200. The van der Waals surface area contributed by atoms with E-state index in [1.165, 1.54) is 0 Å². The summed E-state index contributed by atoms with van der Waals surface area (Å²) in [5.41, 5.74) is 2.51. The molecule has 0 amide bonds. The van der Waals surface area contributed by atoms with E-state index in [0.29, 0.717) is 17.5 Å². The van der Waals surface area contributed by atoms with Crippen LogP contribution >= 0.6 is 0 Å². The Hall–Kier alpha value is -3.41. The minimum Gasteiger partial charge on any atom is -0.480 e. The van der Waals surface area contributed by atoms with Crippen LogP contribution in [0.1, 0.15) is 11.3 Å². The van der Waals surface area contributed by atoms with Gasteiger partial charge in [-0.15, -0.1) is 0 Å². The number of hydrogen-bond acceptors (Lipinski definition) is 3. The molecule has 6 heteroatoms. The molecule has 0 bridgehead atoms. The fourth-order valence-corrected chi connectivity index (χ4v) is 3.42. The van der Waals surface area contributed by atoms with Crippen LogP contribution in [0.25, 0.3) is 21.7 Å². The molecule has 2 aromatic carbocycles. The summed E-state index contributed by atoms with van der Waals surface area (Å²) in [5, 5.41) is 15.8. The van der Waals surface area contributed by atoms with E-state index in [-0.39, 0.29) is 5.56 Å². The number of nitrogens with zero attached hydrogens (tertiary/aromatic N) is 3.